The molecule has 0 atom stereocenters. The lowest BCUT2D eigenvalue weighted by Gasteiger charge is -2.07. The van der Waals surface area contributed by atoms with Crippen molar-refractivity contribution in [2.75, 3.05) is 0 Å². The van der Waals surface area contributed by atoms with Crippen molar-refractivity contribution in [3.63, 3.8) is 0 Å². The van der Waals surface area contributed by atoms with Crippen molar-refractivity contribution >= 4 is 15.7 Å². The molecular formula is C15H14FN3O2S. The lowest BCUT2D eigenvalue weighted by atomic mass is 10.3. The number of rotatable bonds is 4. The number of nitrogens with zero attached hydrogens (tertiary/aromatic N) is 2. The average Bonchev–Trinajstić information content (AvgIpc) is 2.81. The molecule has 1 aromatic carbocycles. The molecule has 2 heterocycles. The van der Waals surface area contributed by atoms with Crippen LogP contribution in [-0.2, 0) is 16.6 Å². The summed E-state index contributed by atoms with van der Waals surface area (Å²) >= 11 is 0. The molecule has 0 bridgehead atoms. The number of hydrogen-bond acceptors (Lipinski definition) is 3. The van der Waals surface area contributed by atoms with E-state index in [2.05, 4.69) is 9.71 Å². The second kappa shape index (κ2) is 5.51. The van der Waals surface area contributed by atoms with Crippen LogP contribution in [0.4, 0.5) is 4.39 Å². The van der Waals surface area contributed by atoms with Crippen LogP contribution in [0.15, 0.2) is 53.6 Å². The Labute approximate surface area is 127 Å². The first-order valence-corrected chi connectivity index (χ1v) is 8.13. The van der Waals surface area contributed by atoms with Crippen LogP contribution in [0.25, 0.3) is 5.65 Å². The maximum absolute atomic E-state index is 12.9. The highest BCUT2D eigenvalue weighted by molar-refractivity contribution is 7.89. The number of fused-ring (bicyclic) bond motifs is 1. The lowest BCUT2D eigenvalue weighted by molar-refractivity contribution is 0.579. The standard InChI is InChI=1S/C15H14FN3O2S/c1-11-14(19-9-3-2-4-15(19)18-11)10-17-22(20,21)13-7-5-12(16)6-8-13/h2-9,17H,10H2,1H3. The molecule has 0 amide bonds. The number of pyridine rings is 1. The molecule has 0 fully saturated rings. The van der Waals surface area contributed by atoms with Gasteiger partial charge in [0.25, 0.3) is 0 Å². The molecular weight excluding hydrogens is 305 g/mol. The Morgan fingerprint density at radius 3 is 2.64 bits per heavy atom. The van der Waals surface area contributed by atoms with Crippen LogP contribution >= 0.6 is 0 Å². The van der Waals surface area contributed by atoms with Crippen molar-refractivity contribution < 1.29 is 12.8 Å². The highest BCUT2D eigenvalue weighted by Gasteiger charge is 2.16. The van der Waals surface area contributed by atoms with Crippen molar-refractivity contribution in [1.29, 1.82) is 0 Å². The fourth-order valence-electron chi connectivity index (χ4n) is 2.24. The molecule has 0 radical (unpaired) electrons. The zero-order valence-corrected chi connectivity index (χ0v) is 12.6. The zero-order valence-electron chi connectivity index (χ0n) is 11.8. The number of aryl methyl sites for hydroxylation is 1. The third kappa shape index (κ3) is 2.72. The lowest BCUT2D eigenvalue weighted by Crippen LogP contribution is -2.24. The summed E-state index contributed by atoms with van der Waals surface area (Å²) in [5, 5.41) is 0. The topological polar surface area (TPSA) is 63.5 Å². The summed E-state index contributed by atoms with van der Waals surface area (Å²) in [4.78, 5) is 4.40. The van der Waals surface area contributed by atoms with Crippen LogP contribution in [-0.4, -0.2) is 17.8 Å². The predicted octanol–water partition coefficient (Wildman–Crippen LogP) is 2.26. The SMILES string of the molecule is Cc1nc2ccccn2c1CNS(=O)(=O)c1ccc(F)cc1. The van der Waals surface area contributed by atoms with Crippen LogP contribution in [0.1, 0.15) is 11.4 Å². The molecule has 0 spiro atoms. The summed E-state index contributed by atoms with van der Waals surface area (Å²) in [7, 11) is -3.70. The van der Waals surface area contributed by atoms with Gasteiger partial charge in [-0.05, 0) is 43.3 Å². The van der Waals surface area contributed by atoms with Crippen LogP contribution in [0.5, 0.6) is 0 Å². The van der Waals surface area contributed by atoms with Crippen LogP contribution in [0, 0.1) is 12.7 Å². The molecule has 1 N–H and O–H groups in total. The average molecular weight is 319 g/mol. The summed E-state index contributed by atoms with van der Waals surface area (Å²) in [6.07, 6.45) is 1.83. The van der Waals surface area contributed by atoms with E-state index in [0.29, 0.717) is 0 Å². The van der Waals surface area contributed by atoms with Crippen LogP contribution in [0.3, 0.4) is 0 Å². The first-order chi connectivity index (χ1) is 10.5. The van der Waals surface area contributed by atoms with Gasteiger partial charge >= 0.3 is 0 Å². The van der Waals surface area contributed by atoms with E-state index in [0.717, 1.165) is 29.2 Å². The Morgan fingerprint density at radius 1 is 1.18 bits per heavy atom. The van der Waals surface area contributed by atoms with Gasteiger partial charge in [0, 0.05) is 6.20 Å². The Kier molecular flexibility index (Phi) is 3.67. The fraction of sp³-hybridized carbons (Fsp3) is 0.133. The number of imidazole rings is 1. The number of hydrogen-bond donors (Lipinski definition) is 1. The van der Waals surface area contributed by atoms with Gasteiger partial charge in [0.2, 0.25) is 10.0 Å². The van der Waals surface area contributed by atoms with Crippen molar-refractivity contribution in [3.05, 3.63) is 65.9 Å². The van der Waals surface area contributed by atoms with E-state index in [1.54, 1.807) is 0 Å². The van der Waals surface area contributed by atoms with Gasteiger partial charge < -0.3 is 4.40 Å². The molecule has 5 nitrogen and oxygen atoms in total. The summed E-state index contributed by atoms with van der Waals surface area (Å²) in [6, 6.07) is 10.3. The Hall–Kier alpha value is -2.25. The van der Waals surface area contributed by atoms with Gasteiger partial charge in [-0.2, -0.15) is 0 Å². The van der Waals surface area contributed by atoms with E-state index in [9.17, 15) is 12.8 Å². The van der Waals surface area contributed by atoms with Crippen LogP contribution < -0.4 is 4.72 Å². The monoisotopic (exact) mass is 319 g/mol. The summed E-state index contributed by atoms with van der Waals surface area (Å²) in [6.45, 7) is 1.94. The van der Waals surface area contributed by atoms with Crippen molar-refractivity contribution in [3.8, 4) is 0 Å². The van der Waals surface area contributed by atoms with Gasteiger partial charge in [0.15, 0.2) is 0 Å². The minimum Gasteiger partial charge on any atom is -0.302 e. The molecule has 0 aliphatic heterocycles. The van der Waals surface area contributed by atoms with Crippen molar-refractivity contribution in [1.82, 2.24) is 14.1 Å². The minimum absolute atomic E-state index is 0.0281. The number of nitrogens with one attached hydrogen (secondary N) is 1. The van der Waals surface area contributed by atoms with E-state index < -0.39 is 15.8 Å². The molecule has 0 aliphatic rings. The molecule has 0 aliphatic carbocycles. The maximum Gasteiger partial charge on any atom is 0.240 e. The molecule has 2 aromatic heterocycles. The van der Waals surface area contributed by atoms with Gasteiger partial charge in [-0.1, -0.05) is 6.07 Å². The van der Waals surface area contributed by atoms with Crippen molar-refractivity contribution in [2.45, 2.75) is 18.4 Å². The Bertz CT molecular complexity index is 918. The summed E-state index contributed by atoms with van der Waals surface area (Å²) < 4.78 is 41.7. The number of benzene rings is 1. The third-order valence-electron chi connectivity index (χ3n) is 3.38. The third-order valence-corrected chi connectivity index (χ3v) is 4.80. The molecule has 3 aromatic rings. The fourth-order valence-corrected chi connectivity index (χ4v) is 3.23. The number of aromatic nitrogens is 2. The molecule has 7 heteroatoms. The van der Waals surface area contributed by atoms with Crippen molar-refractivity contribution in [2.24, 2.45) is 0 Å². The highest BCUT2D eigenvalue weighted by Crippen LogP contribution is 2.14. The van der Waals surface area contributed by atoms with Crippen LogP contribution in [0.2, 0.25) is 0 Å². The summed E-state index contributed by atoms with van der Waals surface area (Å²) in [5.41, 5.74) is 2.28. The molecule has 0 unspecified atom stereocenters. The van der Waals surface area contributed by atoms with E-state index >= 15 is 0 Å². The Balaban J connectivity index is 1.87. The van der Waals surface area contributed by atoms with Gasteiger partial charge in [0.05, 0.1) is 22.8 Å². The van der Waals surface area contributed by atoms with Gasteiger partial charge in [-0.25, -0.2) is 22.5 Å². The zero-order chi connectivity index (χ0) is 15.7. The smallest absolute Gasteiger partial charge is 0.240 e. The molecule has 0 saturated carbocycles. The van der Waals surface area contributed by atoms with E-state index in [1.807, 2.05) is 35.7 Å². The Morgan fingerprint density at radius 2 is 1.91 bits per heavy atom. The normalized spacial score (nSPS) is 11.9. The number of halogens is 1. The van der Waals surface area contributed by atoms with E-state index in [-0.39, 0.29) is 11.4 Å². The van der Waals surface area contributed by atoms with Gasteiger partial charge in [-0.15, -0.1) is 0 Å². The minimum atomic E-state index is -3.70. The summed E-state index contributed by atoms with van der Waals surface area (Å²) in [5.74, 6) is -0.475. The van der Waals surface area contributed by atoms with Gasteiger partial charge in [-0.3, -0.25) is 0 Å². The molecule has 0 saturated heterocycles. The highest BCUT2D eigenvalue weighted by atomic mass is 32.2. The first-order valence-electron chi connectivity index (χ1n) is 6.65. The molecule has 22 heavy (non-hydrogen) atoms. The van der Waals surface area contributed by atoms with Gasteiger partial charge in [0.1, 0.15) is 11.5 Å². The van der Waals surface area contributed by atoms with E-state index in [4.69, 9.17) is 0 Å². The maximum atomic E-state index is 12.9. The predicted molar refractivity (Wildman–Crippen MR) is 80.4 cm³/mol. The quantitative estimate of drug-likeness (QED) is 0.802. The number of sulfonamides is 1. The van der Waals surface area contributed by atoms with E-state index in [1.165, 1.54) is 12.1 Å². The molecule has 3 rings (SSSR count). The first kappa shape index (κ1) is 14.7. The largest absolute Gasteiger partial charge is 0.302 e. The second-order valence-corrected chi connectivity index (χ2v) is 6.62. The molecule has 114 valence electrons. The second-order valence-electron chi connectivity index (χ2n) is 4.85.